The number of hydrogen-bond donors (Lipinski definition) is 1. The standard InChI is InChI=1S/C17H15ClFNO2S2/c18-12-3-6-14(19)15(9-12)20-16(21)10-22-13-4-1-11(2-5-13)17-23-7-8-24-17/h1-6,9,17H,7-8,10H2,(H,20,21). The van der Waals surface area contributed by atoms with Gasteiger partial charge in [-0.2, -0.15) is 0 Å². The molecular formula is C17H15ClFNO2S2. The molecule has 3 rings (SSSR count). The van der Waals surface area contributed by atoms with Crippen molar-refractivity contribution < 1.29 is 13.9 Å². The molecule has 1 N–H and O–H groups in total. The van der Waals surface area contributed by atoms with E-state index >= 15 is 0 Å². The molecule has 0 atom stereocenters. The van der Waals surface area contributed by atoms with E-state index in [1.165, 1.54) is 35.3 Å². The van der Waals surface area contributed by atoms with Crippen molar-refractivity contribution in [3.63, 3.8) is 0 Å². The minimum Gasteiger partial charge on any atom is -0.484 e. The predicted octanol–water partition coefficient (Wildman–Crippen LogP) is 4.98. The highest BCUT2D eigenvalue weighted by Crippen LogP contribution is 2.45. The van der Waals surface area contributed by atoms with Gasteiger partial charge in [0.1, 0.15) is 11.6 Å². The van der Waals surface area contributed by atoms with Gasteiger partial charge < -0.3 is 10.1 Å². The summed E-state index contributed by atoms with van der Waals surface area (Å²) < 4.78 is 19.5. The quantitative estimate of drug-likeness (QED) is 0.790. The van der Waals surface area contributed by atoms with Crippen molar-refractivity contribution in [3.8, 4) is 5.75 Å². The number of carbonyl (C=O) groups excluding carboxylic acids is 1. The van der Waals surface area contributed by atoms with Crippen molar-refractivity contribution in [2.45, 2.75) is 4.58 Å². The minimum atomic E-state index is -0.538. The van der Waals surface area contributed by atoms with Crippen LogP contribution >= 0.6 is 35.1 Å². The van der Waals surface area contributed by atoms with Gasteiger partial charge in [0.2, 0.25) is 0 Å². The number of carbonyl (C=O) groups is 1. The fourth-order valence-corrected chi connectivity index (χ4v) is 5.23. The molecule has 3 nitrogen and oxygen atoms in total. The maximum absolute atomic E-state index is 13.6. The van der Waals surface area contributed by atoms with Crippen LogP contribution in [0.4, 0.5) is 10.1 Å². The van der Waals surface area contributed by atoms with E-state index in [0.717, 1.165) is 0 Å². The maximum Gasteiger partial charge on any atom is 0.262 e. The van der Waals surface area contributed by atoms with Crippen LogP contribution in [-0.4, -0.2) is 24.0 Å². The molecule has 126 valence electrons. The van der Waals surface area contributed by atoms with E-state index in [9.17, 15) is 9.18 Å². The largest absolute Gasteiger partial charge is 0.484 e. The first-order chi connectivity index (χ1) is 11.6. The Labute approximate surface area is 153 Å². The van der Waals surface area contributed by atoms with Crippen LogP contribution in [0.5, 0.6) is 5.75 Å². The zero-order valence-electron chi connectivity index (χ0n) is 12.6. The summed E-state index contributed by atoms with van der Waals surface area (Å²) in [6.07, 6.45) is 0. The molecule has 0 radical (unpaired) electrons. The molecule has 0 unspecified atom stereocenters. The summed E-state index contributed by atoms with van der Waals surface area (Å²) in [5.41, 5.74) is 1.29. The van der Waals surface area contributed by atoms with Gasteiger partial charge in [-0.3, -0.25) is 4.79 Å². The number of benzene rings is 2. The molecule has 7 heteroatoms. The molecular weight excluding hydrogens is 369 g/mol. The first-order valence-corrected chi connectivity index (χ1v) is 9.80. The molecule has 0 aliphatic carbocycles. The molecule has 0 spiro atoms. The monoisotopic (exact) mass is 383 g/mol. The van der Waals surface area contributed by atoms with Crippen LogP contribution in [0.15, 0.2) is 42.5 Å². The number of ether oxygens (including phenoxy) is 1. The lowest BCUT2D eigenvalue weighted by atomic mass is 10.2. The van der Waals surface area contributed by atoms with E-state index in [1.807, 2.05) is 47.8 Å². The number of hydrogen-bond acceptors (Lipinski definition) is 4. The van der Waals surface area contributed by atoms with Gasteiger partial charge in [0.15, 0.2) is 6.61 Å². The fraction of sp³-hybridized carbons (Fsp3) is 0.235. The summed E-state index contributed by atoms with van der Waals surface area (Å²) >= 11 is 9.66. The summed E-state index contributed by atoms with van der Waals surface area (Å²) in [7, 11) is 0. The average Bonchev–Trinajstić information content (AvgIpc) is 3.11. The van der Waals surface area contributed by atoms with Gasteiger partial charge in [-0.1, -0.05) is 23.7 Å². The van der Waals surface area contributed by atoms with Gasteiger partial charge in [-0.15, -0.1) is 23.5 Å². The number of amides is 1. The van der Waals surface area contributed by atoms with Crippen LogP contribution in [0.25, 0.3) is 0 Å². The van der Waals surface area contributed by atoms with Crippen molar-refractivity contribution in [1.29, 1.82) is 0 Å². The molecule has 24 heavy (non-hydrogen) atoms. The van der Waals surface area contributed by atoms with E-state index in [0.29, 0.717) is 15.4 Å². The zero-order valence-corrected chi connectivity index (χ0v) is 15.0. The molecule has 0 saturated carbocycles. The van der Waals surface area contributed by atoms with E-state index < -0.39 is 11.7 Å². The second kappa shape index (κ2) is 8.14. The number of nitrogens with one attached hydrogen (secondary N) is 1. The van der Waals surface area contributed by atoms with Gasteiger partial charge in [0, 0.05) is 16.5 Å². The van der Waals surface area contributed by atoms with Crippen molar-refractivity contribution in [2.75, 3.05) is 23.4 Å². The SMILES string of the molecule is O=C(COc1ccc(C2SCCS2)cc1)Nc1cc(Cl)ccc1F. The lowest BCUT2D eigenvalue weighted by Gasteiger charge is -2.11. The third-order valence-electron chi connectivity index (χ3n) is 3.35. The van der Waals surface area contributed by atoms with E-state index in [4.69, 9.17) is 16.3 Å². The van der Waals surface area contributed by atoms with Gasteiger partial charge in [-0.25, -0.2) is 4.39 Å². The normalized spacial score (nSPS) is 14.6. The summed E-state index contributed by atoms with van der Waals surface area (Å²) in [4.78, 5) is 11.9. The van der Waals surface area contributed by atoms with Crippen LogP contribution in [0, 0.1) is 5.82 Å². The number of halogens is 2. The Kier molecular flexibility index (Phi) is 5.92. The number of anilines is 1. The van der Waals surface area contributed by atoms with E-state index in [-0.39, 0.29) is 12.3 Å². The van der Waals surface area contributed by atoms with Crippen molar-refractivity contribution in [3.05, 3.63) is 58.9 Å². The summed E-state index contributed by atoms with van der Waals surface area (Å²) in [5, 5.41) is 2.80. The van der Waals surface area contributed by atoms with Crippen LogP contribution in [0.3, 0.4) is 0 Å². The van der Waals surface area contributed by atoms with E-state index in [2.05, 4.69) is 5.32 Å². The van der Waals surface area contributed by atoms with Crippen LogP contribution in [0.2, 0.25) is 5.02 Å². The van der Waals surface area contributed by atoms with Gasteiger partial charge in [0.05, 0.1) is 10.3 Å². The molecule has 1 amide bonds. The number of rotatable bonds is 5. The average molecular weight is 384 g/mol. The topological polar surface area (TPSA) is 38.3 Å². The van der Waals surface area contributed by atoms with Gasteiger partial charge >= 0.3 is 0 Å². The van der Waals surface area contributed by atoms with Crippen molar-refractivity contribution in [2.24, 2.45) is 0 Å². The highest BCUT2D eigenvalue weighted by Gasteiger charge is 2.18. The minimum absolute atomic E-state index is 0.0433. The van der Waals surface area contributed by atoms with E-state index in [1.54, 1.807) is 0 Å². The Morgan fingerprint density at radius 1 is 1.21 bits per heavy atom. The number of thioether (sulfide) groups is 2. The third kappa shape index (κ3) is 4.59. The Bertz CT molecular complexity index is 721. The molecule has 1 aliphatic heterocycles. The Morgan fingerprint density at radius 2 is 1.92 bits per heavy atom. The summed E-state index contributed by atoms with van der Waals surface area (Å²) in [6.45, 7) is -0.196. The Hall–Kier alpha value is -1.37. The van der Waals surface area contributed by atoms with Gasteiger partial charge in [-0.05, 0) is 35.9 Å². The lowest BCUT2D eigenvalue weighted by Crippen LogP contribution is -2.20. The van der Waals surface area contributed by atoms with Crippen molar-refractivity contribution in [1.82, 2.24) is 0 Å². The predicted molar refractivity (Wildman–Crippen MR) is 99.6 cm³/mol. The molecule has 0 bridgehead atoms. The molecule has 1 heterocycles. The summed E-state index contributed by atoms with van der Waals surface area (Å²) in [5.74, 6) is 1.97. The summed E-state index contributed by atoms with van der Waals surface area (Å²) in [6, 6.07) is 11.7. The maximum atomic E-state index is 13.6. The second-order valence-corrected chi connectivity index (χ2v) is 8.26. The Balaban J connectivity index is 1.53. The first-order valence-electron chi connectivity index (χ1n) is 7.33. The highest BCUT2D eigenvalue weighted by molar-refractivity contribution is 8.19. The molecule has 2 aromatic rings. The lowest BCUT2D eigenvalue weighted by molar-refractivity contribution is -0.118. The van der Waals surface area contributed by atoms with Crippen LogP contribution < -0.4 is 10.1 Å². The first kappa shape index (κ1) is 17.5. The zero-order chi connectivity index (χ0) is 16.9. The Morgan fingerprint density at radius 3 is 2.62 bits per heavy atom. The second-order valence-electron chi connectivity index (χ2n) is 5.10. The van der Waals surface area contributed by atoms with Crippen molar-refractivity contribution >= 4 is 46.7 Å². The molecule has 1 fully saturated rings. The third-order valence-corrected chi connectivity index (χ3v) is 6.69. The van der Waals surface area contributed by atoms with Crippen LogP contribution in [0.1, 0.15) is 10.1 Å². The fourth-order valence-electron chi connectivity index (χ4n) is 2.20. The molecule has 2 aromatic carbocycles. The van der Waals surface area contributed by atoms with Gasteiger partial charge in [0.25, 0.3) is 5.91 Å². The smallest absolute Gasteiger partial charge is 0.262 e. The van der Waals surface area contributed by atoms with Crippen LogP contribution in [-0.2, 0) is 4.79 Å². The highest BCUT2D eigenvalue weighted by atomic mass is 35.5. The molecule has 1 aliphatic rings. The molecule has 0 aromatic heterocycles. The molecule has 1 saturated heterocycles.